The number of carbonyl (C=O) groups excluding carboxylic acids is 2. The Morgan fingerprint density at radius 3 is 2.54 bits per heavy atom. The standard InChI is InChI=1S/C9H15NO3/c1-7(2)4-5-8(10-6-11)9(12)13-3/h5-7H,4H2,1-3H3,(H,10,11)/b8-5+. The molecule has 0 aromatic carbocycles. The van der Waals surface area contributed by atoms with Gasteiger partial charge in [-0.2, -0.15) is 0 Å². The minimum Gasteiger partial charge on any atom is -0.464 e. The molecule has 0 spiro atoms. The molecule has 0 aromatic heterocycles. The summed E-state index contributed by atoms with van der Waals surface area (Å²) in [5.41, 5.74) is 0.200. The van der Waals surface area contributed by atoms with E-state index in [2.05, 4.69) is 10.1 Å². The lowest BCUT2D eigenvalue weighted by Crippen LogP contribution is -2.20. The van der Waals surface area contributed by atoms with Crippen LogP contribution in [-0.4, -0.2) is 19.5 Å². The molecule has 0 aliphatic carbocycles. The van der Waals surface area contributed by atoms with E-state index in [0.717, 1.165) is 6.42 Å². The van der Waals surface area contributed by atoms with Crippen molar-refractivity contribution in [2.75, 3.05) is 7.11 Å². The molecule has 0 atom stereocenters. The van der Waals surface area contributed by atoms with E-state index >= 15 is 0 Å². The number of hydrogen-bond donors (Lipinski definition) is 1. The summed E-state index contributed by atoms with van der Waals surface area (Å²) >= 11 is 0. The van der Waals surface area contributed by atoms with Crippen LogP contribution in [0.3, 0.4) is 0 Å². The van der Waals surface area contributed by atoms with Crippen LogP contribution >= 0.6 is 0 Å². The number of hydrogen-bond acceptors (Lipinski definition) is 3. The quantitative estimate of drug-likeness (QED) is 0.392. The van der Waals surface area contributed by atoms with Crippen molar-refractivity contribution in [2.24, 2.45) is 5.92 Å². The van der Waals surface area contributed by atoms with Crippen molar-refractivity contribution in [1.29, 1.82) is 0 Å². The van der Waals surface area contributed by atoms with Crippen LogP contribution in [0.4, 0.5) is 0 Å². The fourth-order valence-corrected chi connectivity index (χ4v) is 0.728. The molecule has 4 nitrogen and oxygen atoms in total. The molecule has 0 aromatic rings. The summed E-state index contributed by atoms with van der Waals surface area (Å²) in [6, 6.07) is 0. The molecular weight excluding hydrogens is 170 g/mol. The average molecular weight is 185 g/mol. The predicted molar refractivity (Wildman–Crippen MR) is 48.8 cm³/mol. The van der Waals surface area contributed by atoms with E-state index in [0.29, 0.717) is 12.3 Å². The van der Waals surface area contributed by atoms with Gasteiger partial charge in [0.15, 0.2) is 0 Å². The highest BCUT2D eigenvalue weighted by atomic mass is 16.5. The van der Waals surface area contributed by atoms with Gasteiger partial charge in [0.1, 0.15) is 5.70 Å². The first-order valence-corrected chi connectivity index (χ1v) is 4.10. The van der Waals surface area contributed by atoms with Gasteiger partial charge in [-0.3, -0.25) is 4.79 Å². The van der Waals surface area contributed by atoms with Gasteiger partial charge in [-0.25, -0.2) is 4.79 Å². The van der Waals surface area contributed by atoms with Crippen molar-refractivity contribution in [3.8, 4) is 0 Å². The zero-order chi connectivity index (χ0) is 10.3. The Bertz CT molecular complexity index is 209. The van der Waals surface area contributed by atoms with E-state index in [1.807, 2.05) is 13.8 Å². The molecule has 0 aliphatic rings. The lowest BCUT2D eigenvalue weighted by Gasteiger charge is -2.04. The Morgan fingerprint density at radius 1 is 1.54 bits per heavy atom. The summed E-state index contributed by atoms with van der Waals surface area (Å²) in [5.74, 6) is -0.0825. The third-order valence-electron chi connectivity index (χ3n) is 1.41. The molecule has 0 rings (SSSR count). The molecule has 0 heterocycles. The summed E-state index contributed by atoms with van der Waals surface area (Å²) in [4.78, 5) is 21.1. The van der Waals surface area contributed by atoms with Crippen LogP contribution in [0.1, 0.15) is 20.3 Å². The van der Waals surface area contributed by atoms with E-state index in [4.69, 9.17) is 0 Å². The van der Waals surface area contributed by atoms with Gasteiger partial charge < -0.3 is 10.1 Å². The van der Waals surface area contributed by atoms with Crippen LogP contribution in [0.15, 0.2) is 11.8 Å². The van der Waals surface area contributed by atoms with Gasteiger partial charge in [-0.15, -0.1) is 0 Å². The van der Waals surface area contributed by atoms with Crippen molar-refractivity contribution >= 4 is 12.4 Å². The lowest BCUT2D eigenvalue weighted by atomic mass is 10.1. The summed E-state index contributed by atoms with van der Waals surface area (Å²) in [6.07, 6.45) is 2.85. The molecule has 0 bridgehead atoms. The number of nitrogens with one attached hydrogen (secondary N) is 1. The average Bonchev–Trinajstić information content (AvgIpc) is 2.10. The highest BCUT2D eigenvalue weighted by Gasteiger charge is 2.07. The topological polar surface area (TPSA) is 55.4 Å². The van der Waals surface area contributed by atoms with Gasteiger partial charge in [0, 0.05) is 0 Å². The van der Waals surface area contributed by atoms with E-state index in [9.17, 15) is 9.59 Å². The van der Waals surface area contributed by atoms with Gasteiger partial charge in [0.05, 0.1) is 7.11 Å². The number of ether oxygens (including phenoxy) is 1. The largest absolute Gasteiger partial charge is 0.464 e. The fourth-order valence-electron chi connectivity index (χ4n) is 0.728. The molecule has 1 N–H and O–H groups in total. The third kappa shape index (κ3) is 5.00. The van der Waals surface area contributed by atoms with Crippen molar-refractivity contribution in [3.05, 3.63) is 11.8 Å². The normalized spacial score (nSPS) is 11.2. The first-order valence-electron chi connectivity index (χ1n) is 4.10. The van der Waals surface area contributed by atoms with Crippen LogP contribution in [0.5, 0.6) is 0 Å². The second kappa shape index (κ2) is 6.22. The fraction of sp³-hybridized carbons (Fsp3) is 0.556. The zero-order valence-electron chi connectivity index (χ0n) is 8.16. The van der Waals surface area contributed by atoms with Gasteiger partial charge in [-0.1, -0.05) is 19.9 Å². The molecule has 0 fully saturated rings. The molecular formula is C9H15NO3. The summed E-state index contributed by atoms with van der Waals surface area (Å²) in [5, 5.41) is 2.29. The van der Waals surface area contributed by atoms with E-state index < -0.39 is 5.97 Å². The first-order chi connectivity index (χ1) is 6.11. The maximum atomic E-state index is 11.0. The number of esters is 1. The van der Waals surface area contributed by atoms with Gasteiger partial charge in [0.25, 0.3) is 0 Å². The minimum atomic E-state index is -0.521. The number of rotatable bonds is 5. The van der Waals surface area contributed by atoms with Crippen molar-refractivity contribution in [2.45, 2.75) is 20.3 Å². The Morgan fingerprint density at radius 2 is 2.15 bits per heavy atom. The zero-order valence-corrected chi connectivity index (χ0v) is 8.16. The Balaban J connectivity index is 4.30. The van der Waals surface area contributed by atoms with Gasteiger partial charge in [0.2, 0.25) is 6.41 Å². The smallest absolute Gasteiger partial charge is 0.354 e. The van der Waals surface area contributed by atoms with Crippen molar-refractivity contribution in [1.82, 2.24) is 5.32 Å². The SMILES string of the molecule is COC(=O)/C(=C\CC(C)C)NC=O. The minimum absolute atomic E-state index is 0.200. The molecule has 0 saturated heterocycles. The summed E-state index contributed by atoms with van der Waals surface area (Å²) in [7, 11) is 1.28. The third-order valence-corrected chi connectivity index (χ3v) is 1.41. The maximum absolute atomic E-state index is 11.0. The van der Waals surface area contributed by atoms with Crippen LogP contribution < -0.4 is 5.32 Å². The monoisotopic (exact) mass is 185 g/mol. The molecule has 0 unspecified atom stereocenters. The maximum Gasteiger partial charge on any atom is 0.354 e. The van der Waals surface area contributed by atoms with E-state index in [-0.39, 0.29) is 5.70 Å². The molecule has 0 radical (unpaired) electrons. The Kier molecular flexibility index (Phi) is 5.59. The molecule has 4 heteroatoms. The van der Waals surface area contributed by atoms with Crippen LogP contribution in [0, 0.1) is 5.92 Å². The summed E-state index contributed by atoms with van der Waals surface area (Å²) in [6.45, 7) is 4.04. The molecule has 0 saturated carbocycles. The summed E-state index contributed by atoms with van der Waals surface area (Å²) < 4.78 is 4.47. The van der Waals surface area contributed by atoms with Crippen LogP contribution in [-0.2, 0) is 14.3 Å². The predicted octanol–water partition coefficient (Wildman–Crippen LogP) is 0.835. The number of amides is 1. The highest BCUT2D eigenvalue weighted by molar-refractivity contribution is 5.89. The molecule has 74 valence electrons. The number of carbonyl (C=O) groups is 2. The van der Waals surface area contributed by atoms with Crippen molar-refractivity contribution < 1.29 is 14.3 Å². The van der Waals surface area contributed by atoms with Crippen LogP contribution in [0.25, 0.3) is 0 Å². The van der Waals surface area contributed by atoms with E-state index in [1.54, 1.807) is 6.08 Å². The van der Waals surface area contributed by atoms with Gasteiger partial charge >= 0.3 is 5.97 Å². The second-order valence-electron chi connectivity index (χ2n) is 3.00. The van der Waals surface area contributed by atoms with E-state index in [1.165, 1.54) is 7.11 Å². The molecule has 0 aliphatic heterocycles. The number of methoxy groups -OCH3 is 1. The Labute approximate surface area is 78.0 Å². The van der Waals surface area contributed by atoms with Crippen LogP contribution in [0.2, 0.25) is 0 Å². The first kappa shape index (κ1) is 11.7. The number of allylic oxidation sites excluding steroid dienone is 1. The lowest BCUT2D eigenvalue weighted by molar-refractivity contribution is -0.137. The Hall–Kier alpha value is -1.32. The van der Waals surface area contributed by atoms with Crippen molar-refractivity contribution in [3.63, 3.8) is 0 Å². The molecule has 13 heavy (non-hydrogen) atoms. The second-order valence-corrected chi connectivity index (χ2v) is 3.00. The highest BCUT2D eigenvalue weighted by Crippen LogP contribution is 2.03. The van der Waals surface area contributed by atoms with Gasteiger partial charge in [-0.05, 0) is 12.3 Å². The molecule has 1 amide bonds.